The molecule has 3 N–H and O–H groups in total. The number of rotatable bonds is 6. The maximum atomic E-state index is 12.3. The SMILES string of the molecule is O=C(C[NH+]1CC[NH+](Cc2cc(-c3cccs3)on2)CC1)Nc1ccccc1Cl. The number of para-hydroxylation sites is 1. The molecule has 4 rings (SSSR count). The highest BCUT2D eigenvalue weighted by Crippen LogP contribution is 2.24. The first-order chi connectivity index (χ1) is 13.7. The lowest BCUT2D eigenvalue weighted by molar-refractivity contribution is -1.02. The third-order valence-electron chi connectivity index (χ3n) is 4.98. The van der Waals surface area contributed by atoms with Gasteiger partial charge in [0.2, 0.25) is 0 Å². The fourth-order valence-corrected chi connectivity index (χ4v) is 4.34. The second-order valence-electron chi connectivity index (χ2n) is 7.04. The minimum absolute atomic E-state index is 0.00337. The molecule has 28 heavy (non-hydrogen) atoms. The van der Waals surface area contributed by atoms with E-state index in [0.29, 0.717) is 17.3 Å². The lowest BCUT2D eigenvalue weighted by atomic mass is 10.2. The molecule has 0 spiro atoms. The summed E-state index contributed by atoms with van der Waals surface area (Å²) in [5.41, 5.74) is 1.66. The van der Waals surface area contributed by atoms with Crippen molar-refractivity contribution < 1.29 is 19.1 Å². The Morgan fingerprint density at radius 3 is 2.68 bits per heavy atom. The molecule has 0 bridgehead atoms. The summed E-state index contributed by atoms with van der Waals surface area (Å²) in [7, 11) is 0. The summed E-state index contributed by atoms with van der Waals surface area (Å²) in [4.78, 5) is 16.2. The highest BCUT2D eigenvalue weighted by atomic mass is 35.5. The number of nitrogens with zero attached hydrogens (tertiary/aromatic N) is 1. The second-order valence-corrected chi connectivity index (χ2v) is 8.40. The lowest BCUT2D eigenvalue weighted by Crippen LogP contribution is -3.28. The number of nitrogens with one attached hydrogen (secondary N) is 3. The molecular weight excluding hydrogens is 396 g/mol. The van der Waals surface area contributed by atoms with Crippen LogP contribution in [0.15, 0.2) is 52.4 Å². The van der Waals surface area contributed by atoms with Crippen molar-refractivity contribution in [1.29, 1.82) is 0 Å². The normalized spacial score (nSPS) is 19.5. The van der Waals surface area contributed by atoms with Crippen molar-refractivity contribution in [3.05, 3.63) is 58.6 Å². The number of carbonyl (C=O) groups is 1. The van der Waals surface area contributed by atoms with Gasteiger partial charge in [-0.1, -0.05) is 35.0 Å². The number of aromatic nitrogens is 1. The van der Waals surface area contributed by atoms with Gasteiger partial charge in [0.05, 0.1) is 15.6 Å². The summed E-state index contributed by atoms with van der Waals surface area (Å²) in [5.74, 6) is 0.841. The average Bonchev–Trinajstić information content (AvgIpc) is 3.37. The highest BCUT2D eigenvalue weighted by molar-refractivity contribution is 7.13. The first-order valence-corrected chi connectivity index (χ1v) is 10.6. The summed E-state index contributed by atoms with van der Waals surface area (Å²) in [5, 5.41) is 9.72. The molecule has 3 aromatic rings. The van der Waals surface area contributed by atoms with Crippen molar-refractivity contribution in [2.45, 2.75) is 6.54 Å². The molecule has 0 saturated carbocycles. The van der Waals surface area contributed by atoms with Gasteiger partial charge in [-0.2, -0.15) is 0 Å². The first kappa shape index (κ1) is 19.1. The van der Waals surface area contributed by atoms with Crippen LogP contribution in [0.25, 0.3) is 10.6 Å². The van der Waals surface area contributed by atoms with E-state index in [1.807, 2.05) is 41.8 Å². The number of carbonyl (C=O) groups excluding carboxylic acids is 1. The van der Waals surface area contributed by atoms with Crippen molar-refractivity contribution in [3.8, 4) is 10.6 Å². The van der Waals surface area contributed by atoms with Gasteiger partial charge >= 0.3 is 0 Å². The number of amides is 1. The van der Waals surface area contributed by atoms with Gasteiger partial charge in [0.15, 0.2) is 12.3 Å². The third-order valence-corrected chi connectivity index (χ3v) is 6.19. The van der Waals surface area contributed by atoms with Gasteiger partial charge in [-0.25, -0.2) is 0 Å². The smallest absolute Gasteiger partial charge is 0.279 e. The number of anilines is 1. The number of quaternary nitrogens is 2. The zero-order chi connectivity index (χ0) is 19.3. The molecular formula is C20H23ClN4O2S+2. The van der Waals surface area contributed by atoms with E-state index in [1.165, 1.54) is 9.80 Å². The number of piperazine rings is 1. The minimum atomic E-state index is 0.00337. The molecule has 6 nitrogen and oxygen atoms in total. The molecule has 0 atom stereocenters. The Bertz CT molecular complexity index is 920. The zero-order valence-corrected chi connectivity index (χ0v) is 17.0. The second kappa shape index (κ2) is 8.87. The van der Waals surface area contributed by atoms with E-state index in [2.05, 4.69) is 10.5 Å². The van der Waals surface area contributed by atoms with Crippen molar-refractivity contribution in [2.75, 3.05) is 38.0 Å². The fourth-order valence-electron chi connectivity index (χ4n) is 3.48. The molecule has 1 aliphatic heterocycles. The van der Waals surface area contributed by atoms with Crippen LogP contribution in [0.2, 0.25) is 5.02 Å². The van der Waals surface area contributed by atoms with Gasteiger partial charge in [0.1, 0.15) is 38.4 Å². The Hall–Kier alpha value is -2.19. The van der Waals surface area contributed by atoms with Crippen LogP contribution in [-0.4, -0.2) is 43.8 Å². The van der Waals surface area contributed by atoms with Crippen LogP contribution < -0.4 is 15.1 Å². The van der Waals surface area contributed by atoms with E-state index >= 15 is 0 Å². The molecule has 2 aromatic heterocycles. The Labute approximate surface area is 172 Å². The highest BCUT2D eigenvalue weighted by Gasteiger charge is 2.26. The molecule has 1 aromatic carbocycles. The van der Waals surface area contributed by atoms with Crippen LogP contribution in [0.4, 0.5) is 5.69 Å². The molecule has 0 aliphatic carbocycles. The Morgan fingerprint density at radius 2 is 1.93 bits per heavy atom. The molecule has 8 heteroatoms. The molecule has 1 aliphatic rings. The Morgan fingerprint density at radius 1 is 1.14 bits per heavy atom. The maximum Gasteiger partial charge on any atom is 0.279 e. The molecule has 0 radical (unpaired) electrons. The Balaban J connectivity index is 1.23. The van der Waals surface area contributed by atoms with Crippen LogP contribution in [0.5, 0.6) is 0 Å². The van der Waals surface area contributed by atoms with E-state index in [1.54, 1.807) is 17.4 Å². The van der Waals surface area contributed by atoms with Gasteiger partial charge in [-0.3, -0.25) is 4.79 Å². The first-order valence-electron chi connectivity index (χ1n) is 9.38. The van der Waals surface area contributed by atoms with E-state index in [0.717, 1.165) is 49.1 Å². The summed E-state index contributed by atoms with van der Waals surface area (Å²) >= 11 is 7.76. The molecule has 1 amide bonds. The lowest BCUT2D eigenvalue weighted by Gasteiger charge is -2.28. The van der Waals surface area contributed by atoms with Crippen LogP contribution in [0.1, 0.15) is 5.69 Å². The number of thiophene rings is 1. The number of halogens is 1. The number of hydrogen-bond donors (Lipinski definition) is 3. The predicted molar refractivity (Wildman–Crippen MR) is 110 cm³/mol. The molecule has 146 valence electrons. The van der Waals surface area contributed by atoms with Gasteiger partial charge in [0.25, 0.3) is 5.91 Å². The van der Waals surface area contributed by atoms with Crippen molar-refractivity contribution in [3.63, 3.8) is 0 Å². The van der Waals surface area contributed by atoms with Gasteiger partial charge in [-0.15, -0.1) is 11.3 Å². The topological polar surface area (TPSA) is 64.0 Å². The van der Waals surface area contributed by atoms with Crippen LogP contribution >= 0.6 is 22.9 Å². The van der Waals surface area contributed by atoms with Gasteiger partial charge < -0.3 is 19.6 Å². The van der Waals surface area contributed by atoms with Gasteiger partial charge in [-0.05, 0) is 23.6 Å². The monoisotopic (exact) mass is 418 g/mol. The predicted octanol–water partition coefficient (Wildman–Crippen LogP) is 0.979. The Kier molecular flexibility index (Phi) is 6.07. The van der Waals surface area contributed by atoms with E-state index in [-0.39, 0.29) is 5.91 Å². The third kappa shape index (κ3) is 4.80. The summed E-state index contributed by atoms with van der Waals surface area (Å²) in [6.45, 7) is 5.26. The average molecular weight is 419 g/mol. The molecule has 1 fully saturated rings. The maximum absolute atomic E-state index is 12.3. The number of hydrogen-bond acceptors (Lipinski definition) is 4. The minimum Gasteiger partial charge on any atom is -0.355 e. The van der Waals surface area contributed by atoms with E-state index < -0.39 is 0 Å². The van der Waals surface area contributed by atoms with Crippen LogP contribution in [0, 0.1) is 0 Å². The quantitative estimate of drug-likeness (QED) is 0.559. The summed E-state index contributed by atoms with van der Waals surface area (Å²) < 4.78 is 5.47. The number of benzene rings is 1. The van der Waals surface area contributed by atoms with E-state index in [4.69, 9.17) is 16.1 Å². The van der Waals surface area contributed by atoms with Crippen molar-refractivity contribution in [1.82, 2.24) is 5.16 Å². The molecule has 1 saturated heterocycles. The standard InChI is InChI=1S/C20H21ClN4O2S/c21-16-4-1-2-5-17(16)22-20(26)14-25-9-7-24(8-10-25)13-15-12-18(27-23-15)19-6-3-11-28-19/h1-6,11-12H,7-10,13-14H2,(H,22,26)/p+2. The van der Waals surface area contributed by atoms with Gasteiger partial charge in [0, 0.05) is 6.07 Å². The van der Waals surface area contributed by atoms with Crippen LogP contribution in [0.3, 0.4) is 0 Å². The fraction of sp³-hybridized carbons (Fsp3) is 0.300. The van der Waals surface area contributed by atoms with Crippen molar-refractivity contribution >= 4 is 34.5 Å². The van der Waals surface area contributed by atoms with Crippen LogP contribution in [-0.2, 0) is 11.3 Å². The molecule has 3 heterocycles. The van der Waals surface area contributed by atoms with E-state index in [9.17, 15) is 4.79 Å². The zero-order valence-electron chi connectivity index (χ0n) is 15.4. The van der Waals surface area contributed by atoms with Crippen molar-refractivity contribution in [2.24, 2.45) is 0 Å². The largest absolute Gasteiger partial charge is 0.355 e. The summed E-state index contributed by atoms with van der Waals surface area (Å²) in [6.07, 6.45) is 0. The molecule has 0 unspecified atom stereocenters. The summed E-state index contributed by atoms with van der Waals surface area (Å²) in [6, 6.07) is 13.4.